The van der Waals surface area contributed by atoms with Crippen LogP contribution in [0.15, 0.2) is 5.38 Å². The molecule has 0 aromatic carbocycles. The molecule has 1 saturated carbocycles. The van der Waals surface area contributed by atoms with E-state index in [-0.39, 0.29) is 11.6 Å². The average molecular weight is 240 g/mol. The maximum Gasteiger partial charge on any atom is 0.122 e. The Balaban J connectivity index is 2.17. The van der Waals surface area contributed by atoms with Crippen LogP contribution in [0, 0.1) is 0 Å². The first-order valence-corrected chi connectivity index (χ1v) is 6.81. The summed E-state index contributed by atoms with van der Waals surface area (Å²) < 4.78 is 5.28. The molecule has 1 heterocycles. The second-order valence-corrected chi connectivity index (χ2v) is 5.56. The van der Waals surface area contributed by atoms with Crippen LogP contribution in [0.4, 0.5) is 0 Å². The summed E-state index contributed by atoms with van der Waals surface area (Å²) in [5.74, 6) is 0. The minimum atomic E-state index is -0.180. The molecule has 1 aromatic heterocycles. The van der Waals surface area contributed by atoms with E-state index in [0.29, 0.717) is 0 Å². The van der Waals surface area contributed by atoms with E-state index in [1.807, 2.05) is 6.92 Å². The molecule has 0 aliphatic heterocycles. The molecule has 1 unspecified atom stereocenters. The Hall–Kier alpha value is -0.450. The second kappa shape index (κ2) is 4.82. The molecule has 16 heavy (non-hydrogen) atoms. The van der Waals surface area contributed by atoms with Crippen molar-refractivity contribution in [3.05, 3.63) is 16.1 Å². The van der Waals surface area contributed by atoms with Gasteiger partial charge in [-0.25, -0.2) is 4.98 Å². The highest BCUT2D eigenvalue weighted by atomic mass is 32.1. The van der Waals surface area contributed by atoms with E-state index in [2.05, 4.69) is 10.4 Å². The number of rotatable bonds is 3. The van der Waals surface area contributed by atoms with E-state index in [1.165, 1.54) is 19.3 Å². The van der Waals surface area contributed by atoms with Crippen LogP contribution in [0.3, 0.4) is 0 Å². The lowest BCUT2D eigenvalue weighted by atomic mass is 9.81. The van der Waals surface area contributed by atoms with E-state index in [9.17, 15) is 0 Å². The lowest BCUT2D eigenvalue weighted by Gasteiger charge is -2.31. The lowest BCUT2D eigenvalue weighted by molar-refractivity contribution is 0.119. The van der Waals surface area contributed by atoms with Gasteiger partial charge in [0.15, 0.2) is 0 Å². The number of ether oxygens (including phenoxy) is 1. The van der Waals surface area contributed by atoms with Crippen LogP contribution < -0.4 is 5.73 Å². The standard InChI is InChI=1S/C12H20N2OS/c1-9(15-2)11-14-10(8-16-11)12(13)6-4-3-5-7-12/h8-9H,3-7,13H2,1-2H3. The van der Waals surface area contributed by atoms with Crippen molar-refractivity contribution in [2.24, 2.45) is 5.73 Å². The topological polar surface area (TPSA) is 48.1 Å². The average Bonchev–Trinajstić information content (AvgIpc) is 2.79. The predicted octanol–water partition coefficient (Wildman–Crippen LogP) is 2.97. The van der Waals surface area contributed by atoms with Gasteiger partial charge in [0, 0.05) is 12.5 Å². The molecular formula is C12H20N2OS. The maximum atomic E-state index is 6.44. The van der Waals surface area contributed by atoms with Crippen LogP contribution in [0.2, 0.25) is 0 Å². The number of aromatic nitrogens is 1. The van der Waals surface area contributed by atoms with Gasteiger partial charge in [0.2, 0.25) is 0 Å². The van der Waals surface area contributed by atoms with Gasteiger partial charge >= 0.3 is 0 Å². The molecule has 1 fully saturated rings. The third-order valence-electron chi connectivity index (χ3n) is 3.48. The van der Waals surface area contributed by atoms with Crippen molar-refractivity contribution in [2.45, 2.75) is 50.7 Å². The molecule has 0 radical (unpaired) electrons. The van der Waals surface area contributed by atoms with Gasteiger partial charge < -0.3 is 10.5 Å². The van der Waals surface area contributed by atoms with Crippen molar-refractivity contribution in [3.8, 4) is 0 Å². The normalized spacial score (nSPS) is 21.9. The van der Waals surface area contributed by atoms with Crippen LogP contribution in [-0.2, 0) is 10.3 Å². The Morgan fingerprint density at radius 2 is 2.12 bits per heavy atom. The molecule has 0 amide bonds. The Bertz CT molecular complexity index is 345. The van der Waals surface area contributed by atoms with Crippen LogP contribution in [-0.4, -0.2) is 12.1 Å². The molecule has 0 bridgehead atoms. The number of methoxy groups -OCH3 is 1. The molecule has 2 rings (SSSR count). The van der Waals surface area contributed by atoms with Crippen LogP contribution in [0.25, 0.3) is 0 Å². The van der Waals surface area contributed by atoms with Crippen molar-refractivity contribution in [3.63, 3.8) is 0 Å². The van der Waals surface area contributed by atoms with Crippen molar-refractivity contribution in [1.82, 2.24) is 4.98 Å². The van der Waals surface area contributed by atoms with Crippen molar-refractivity contribution in [1.29, 1.82) is 0 Å². The lowest BCUT2D eigenvalue weighted by Crippen LogP contribution is -2.39. The summed E-state index contributed by atoms with van der Waals surface area (Å²) in [5, 5.41) is 3.14. The smallest absolute Gasteiger partial charge is 0.122 e. The Labute approximate surface area is 101 Å². The molecule has 4 heteroatoms. The highest BCUT2D eigenvalue weighted by Crippen LogP contribution is 2.36. The van der Waals surface area contributed by atoms with Gasteiger partial charge in [-0.2, -0.15) is 0 Å². The number of nitrogens with zero attached hydrogens (tertiary/aromatic N) is 1. The van der Waals surface area contributed by atoms with Gasteiger partial charge in [0.1, 0.15) is 11.1 Å². The first-order chi connectivity index (χ1) is 7.65. The molecule has 1 aliphatic carbocycles. The zero-order chi connectivity index (χ0) is 11.6. The van der Waals surface area contributed by atoms with E-state index in [4.69, 9.17) is 10.5 Å². The molecule has 1 aliphatic rings. The third kappa shape index (κ3) is 2.29. The Morgan fingerprint density at radius 3 is 2.75 bits per heavy atom. The Morgan fingerprint density at radius 1 is 1.44 bits per heavy atom. The minimum Gasteiger partial charge on any atom is -0.375 e. The SMILES string of the molecule is COC(C)c1nc(C2(N)CCCCC2)cs1. The molecule has 90 valence electrons. The van der Waals surface area contributed by atoms with E-state index in [1.54, 1.807) is 18.4 Å². The highest BCUT2D eigenvalue weighted by Gasteiger charge is 2.32. The van der Waals surface area contributed by atoms with Gasteiger partial charge in [-0.3, -0.25) is 0 Å². The first kappa shape index (κ1) is 12.0. The predicted molar refractivity (Wildman–Crippen MR) is 66.5 cm³/mol. The van der Waals surface area contributed by atoms with Gasteiger partial charge in [-0.15, -0.1) is 11.3 Å². The molecule has 1 aromatic rings. The summed E-state index contributed by atoms with van der Waals surface area (Å²) in [6.07, 6.45) is 5.97. The summed E-state index contributed by atoms with van der Waals surface area (Å²) in [5.41, 5.74) is 7.32. The molecule has 1 atom stereocenters. The fraction of sp³-hybridized carbons (Fsp3) is 0.750. The molecule has 3 nitrogen and oxygen atoms in total. The van der Waals surface area contributed by atoms with Gasteiger partial charge in [0.05, 0.1) is 11.2 Å². The van der Waals surface area contributed by atoms with Crippen LogP contribution >= 0.6 is 11.3 Å². The van der Waals surface area contributed by atoms with E-state index >= 15 is 0 Å². The zero-order valence-corrected chi connectivity index (χ0v) is 10.8. The zero-order valence-electron chi connectivity index (χ0n) is 10.0. The number of hydrogen-bond donors (Lipinski definition) is 1. The molecular weight excluding hydrogens is 220 g/mol. The van der Waals surface area contributed by atoms with Gasteiger partial charge in [-0.05, 0) is 19.8 Å². The molecule has 0 saturated heterocycles. The van der Waals surface area contributed by atoms with Gasteiger partial charge in [0.25, 0.3) is 0 Å². The van der Waals surface area contributed by atoms with Crippen LogP contribution in [0.5, 0.6) is 0 Å². The van der Waals surface area contributed by atoms with Crippen molar-refractivity contribution in [2.75, 3.05) is 7.11 Å². The third-order valence-corrected chi connectivity index (χ3v) is 4.48. The maximum absolute atomic E-state index is 6.44. The summed E-state index contributed by atoms with van der Waals surface area (Å²) in [4.78, 5) is 4.64. The first-order valence-electron chi connectivity index (χ1n) is 5.93. The van der Waals surface area contributed by atoms with Crippen molar-refractivity contribution >= 4 is 11.3 Å². The molecule has 0 spiro atoms. The monoisotopic (exact) mass is 240 g/mol. The summed E-state index contributed by atoms with van der Waals surface area (Å²) in [6.45, 7) is 2.02. The summed E-state index contributed by atoms with van der Waals surface area (Å²) in [7, 11) is 1.71. The second-order valence-electron chi connectivity index (χ2n) is 4.67. The highest BCUT2D eigenvalue weighted by molar-refractivity contribution is 7.09. The quantitative estimate of drug-likeness (QED) is 0.883. The largest absolute Gasteiger partial charge is 0.375 e. The number of thiazole rings is 1. The number of nitrogens with two attached hydrogens (primary N) is 1. The number of hydrogen-bond acceptors (Lipinski definition) is 4. The Kier molecular flexibility index (Phi) is 3.62. The van der Waals surface area contributed by atoms with Crippen molar-refractivity contribution < 1.29 is 4.74 Å². The summed E-state index contributed by atoms with van der Waals surface area (Å²) >= 11 is 1.66. The van der Waals surface area contributed by atoms with Crippen LogP contribution in [0.1, 0.15) is 55.8 Å². The van der Waals surface area contributed by atoms with Gasteiger partial charge in [-0.1, -0.05) is 19.3 Å². The van der Waals surface area contributed by atoms with E-state index in [0.717, 1.165) is 23.5 Å². The van der Waals surface area contributed by atoms with E-state index < -0.39 is 0 Å². The minimum absolute atomic E-state index is 0.0749. The summed E-state index contributed by atoms with van der Waals surface area (Å²) in [6, 6.07) is 0. The fourth-order valence-corrected chi connectivity index (χ4v) is 3.20. The molecule has 2 N–H and O–H groups in total. The fourth-order valence-electron chi connectivity index (χ4n) is 2.24.